The molecule has 1 aliphatic heterocycles. The average molecular weight is 558 g/mol. The number of pyridine rings is 1. The summed E-state index contributed by atoms with van der Waals surface area (Å²) in [5, 5.41) is 0. The fourth-order valence-electron chi connectivity index (χ4n) is 4.74. The van der Waals surface area contributed by atoms with Crippen LogP contribution in [0, 0.1) is 18.3 Å². The van der Waals surface area contributed by atoms with Gasteiger partial charge < -0.3 is 10.6 Å². The Bertz CT molecular complexity index is 1170. The first-order valence-electron chi connectivity index (χ1n) is 11.8. The average Bonchev–Trinajstić information content (AvgIpc) is 3.62. The zero-order chi connectivity index (χ0) is 25.2. The summed E-state index contributed by atoms with van der Waals surface area (Å²) in [5.74, 6) is 1.39. The highest BCUT2D eigenvalue weighted by Gasteiger charge is 2.52. The molecule has 9 heteroatoms. The molecule has 1 aromatic heterocycles. The monoisotopic (exact) mass is 557 g/mol. The van der Waals surface area contributed by atoms with Crippen molar-refractivity contribution in [3.63, 3.8) is 0 Å². The second kappa shape index (κ2) is 10.8. The van der Waals surface area contributed by atoms with Crippen molar-refractivity contribution in [1.82, 2.24) is 4.98 Å². The summed E-state index contributed by atoms with van der Waals surface area (Å²) in [4.78, 5) is 23.8. The quantitative estimate of drug-likeness (QED) is 0.228. The lowest BCUT2D eigenvalue weighted by molar-refractivity contribution is -0.125. The SMILES string of the molecule is CN=CC(=CN)c1cc(Br)cc(CP(C)ONc2cc(N3CC[C@@](C)(C4CC4)C3=O)cc(C)n2)c1. The van der Waals surface area contributed by atoms with E-state index in [2.05, 4.69) is 57.1 Å². The number of nitrogens with one attached hydrogen (secondary N) is 1. The van der Waals surface area contributed by atoms with E-state index in [9.17, 15) is 4.79 Å². The zero-order valence-corrected chi connectivity index (χ0v) is 23.2. The van der Waals surface area contributed by atoms with Crippen LogP contribution < -0.4 is 16.1 Å². The predicted octanol–water partition coefficient (Wildman–Crippen LogP) is 5.88. The van der Waals surface area contributed by atoms with Gasteiger partial charge in [-0.2, -0.15) is 0 Å². The number of carbonyl (C=O) groups excluding carboxylic acids is 1. The molecule has 2 aliphatic rings. The number of benzene rings is 1. The molecule has 7 nitrogen and oxygen atoms in total. The topological polar surface area (TPSA) is 92.8 Å². The maximum atomic E-state index is 13.2. The Morgan fingerprint density at radius 2 is 2.14 bits per heavy atom. The molecule has 1 amide bonds. The smallest absolute Gasteiger partial charge is 0.233 e. The molecule has 1 saturated heterocycles. The minimum atomic E-state index is -0.828. The van der Waals surface area contributed by atoms with E-state index in [1.165, 1.54) is 12.8 Å². The first-order valence-corrected chi connectivity index (χ1v) is 14.5. The van der Waals surface area contributed by atoms with Gasteiger partial charge in [0, 0.05) is 59.7 Å². The number of allylic oxidation sites excluding steroid dienone is 1. The molecular formula is C26H33BrN5O2P. The standard InChI is InChI=1S/C26H33BrN5O2P/c1-17-9-23(32-8-7-26(2,25(32)33)21-5-6-21)13-24(30-17)31-34-35(4)16-18-10-19(12-22(27)11-18)20(14-28)15-29-3/h9-15,21H,5-8,16,28H2,1-4H3,(H,30,31)/t26-,35?/m0/s1. The van der Waals surface area contributed by atoms with Crippen LogP contribution in [-0.4, -0.2) is 37.4 Å². The molecule has 0 spiro atoms. The number of aryl methyl sites for hydroxylation is 1. The highest BCUT2D eigenvalue weighted by molar-refractivity contribution is 9.10. The molecule has 35 heavy (non-hydrogen) atoms. The van der Waals surface area contributed by atoms with E-state index in [1.807, 2.05) is 30.0 Å². The van der Waals surface area contributed by atoms with Crippen molar-refractivity contribution in [2.75, 3.05) is 30.6 Å². The van der Waals surface area contributed by atoms with Crippen molar-refractivity contribution in [3.8, 4) is 0 Å². The lowest BCUT2D eigenvalue weighted by atomic mass is 9.83. The Kier molecular flexibility index (Phi) is 7.94. The predicted molar refractivity (Wildman–Crippen MR) is 149 cm³/mol. The first kappa shape index (κ1) is 25.8. The number of aliphatic imine (C=N–C) groups is 1. The second-order valence-electron chi connectivity index (χ2n) is 9.59. The Morgan fingerprint density at radius 3 is 2.83 bits per heavy atom. The van der Waals surface area contributed by atoms with Crippen LogP contribution in [0.25, 0.3) is 5.57 Å². The van der Waals surface area contributed by atoms with Gasteiger partial charge in [-0.05, 0) is 68.1 Å². The van der Waals surface area contributed by atoms with Crippen LogP contribution in [-0.2, 0) is 15.6 Å². The van der Waals surface area contributed by atoms with Gasteiger partial charge in [0.15, 0.2) is 5.82 Å². The number of hydrogen-bond donors (Lipinski definition) is 2. The number of rotatable bonds is 9. The second-order valence-corrected chi connectivity index (χ2v) is 12.3. The van der Waals surface area contributed by atoms with Crippen molar-refractivity contribution >= 4 is 53.3 Å². The van der Waals surface area contributed by atoms with Crippen LogP contribution in [0.5, 0.6) is 0 Å². The highest BCUT2D eigenvalue weighted by Crippen LogP contribution is 2.52. The van der Waals surface area contributed by atoms with Crippen LogP contribution in [0.4, 0.5) is 11.5 Å². The normalized spacial score (nSPS) is 21.7. The van der Waals surface area contributed by atoms with E-state index in [-0.39, 0.29) is 11.3 Å². The molecule has 2 aromatic rings. The van der Waals surface area contributed by atoms with Crippen molar-refractivity contribution in [2.45, 2.75) is 39.3 Å². The molecule has 1 saturated carbocycles. The van der Waals surface area contributed by atoms with Gasteiger partial charge in [-0.25, -0.2) is 10.5 Å². The van der Waals surface area contributed by atoms with E-state index in [0.29, 0.717) is 11.7 Å². The minimum Gasteiger partial charge on any atom is -0.404 e. The largest absolute Gasteiger partial charge is 0.404 e. The molecule has 0 bridgehead atoms. The number of carbonyl (C=O) groups is 1. The van der Waals surface area contributed by atoms with Gasteiger partial charge >= 0.3 is 0 Å². The zero-order valence-electron chi connectivity index (χ0n) is 20.7. The summed E-state index contributed by atoms with van der Waals surface area (Å²) in [6, 6.07) is 10.1. The van der Waals surface area contributed by atoms with Gasteiger partial charge in [0.05, 0.1) is 13.6 Å². The maximum Gasteiger partial charge on any atom is 0.233 e. The third kappa shape index (κ3) is 5.93. The van der Waals surface area contributed by atoms with E-state index in [4.69, 9.17) is 10.4 Å². The van der Waals surface area contributed by atoms with E-state index < -0.39 is 8.15 Å². The fourth-order valence-corrected chi connectivity index (χ4v) is 6.29. The van der Waals surface area contributed by atoms with E-state index in [0.717, 1.165) is 51.7 Å². The number of hydrogen-bond acceptors (Lipinski definition) is 6. The molecule has 0 radical (unpaired) electrons. The number of nitrogens with two attached hydrogens (primary N) is 1. The number of halogens is 1. The number of amides is 1. The Balaban J connectivity index is 1.42. The molecule has 2 heterocycles. The summed E-state index contributed by atoms with van der Waals surface area (Å²) in [5.41, 5.74) is 13.3. The van der Waals surface area contributed by atoms with Crippen LogP contribution in [0.1, 0.15) is 43.0 Å². The molecular weight excluding hydrogens is 525 g/mol. The van der Waals surface area contributed by atoms with Gasteiger partial charge in [-0.15, -0.1) is 0 Å². The van der Waals surface area contributed by atoms with E-state index >= 15 is 0 Å². The molecule has 1 aromatic carbocycles. The minimum absolute atomic E-state index is 0.218. The summed E-state index contributed by atoms with van der Waals surface area (Å²) in [6.45, 7) is 6.89. The lowest BCUT2D eigenvalue weighted by Gasteiger charge is -2.24. The Labute approximate surface area is 217 Å². The third-order valence-corrected chi connectivity index (χ3v) is 8.44. The molecule has 186 valence electrons. The first-order chi connectivity index (χ1) is 16.7. The summed E-state index contributed by atoms with van der Waals surface area (Å²) < 4.78 is 6.98. The number of anilines is 2. The summed E-state index contributed by atoms with van der Waals surface area (Å²) in [7, 11) is 0.898. The van der Waals surface area contributed by atoms with Gasteiger partial charge in [-0.1, -0.05) is 28.9 Å². The molecule has 2 atom stereocenters. The molecule has 2 fully saturated rings. The Hall–Kier alpha value is -2.28. The highest BCUT2D eigenvalue weighted by atomic mass is 79.9. The van der Waals surface area contributed by atoms with Crippen LogP contribution in [0.3, 0.4) is 0 Å². The lowest BCUT2D eigenvalue weighted by Crippen LogP contribution is -2.34. The summed E-state index contributed by atoms with van der Waals surface area (Å²) >= 11 is 3.60. The maximum absolute atomic E-state index is 13.2. The van der Waals surface area contributed by atoms with Crippen molar-refractivity contribution in [1.29, 1.82) is 0 Å². The Morgan fingerprint density at radius 1 is 1.37 bits per heavy atom. The van der Waals surface area contributed by atoms with Gasteiger partial charge in [0.1, 0.15) is 0 Å². The summed E-state index contributed by atoms with van der Waals surface area (Å²) in [6.07, 6.45) is 7.31. The van der Waals surface area contributed by atoms with Crippen molar-refractivity contribution in [3.05, 3.63) is 57.8 Å². The molecule has 3 N–H and O–H groups in total. The van der Waals surface area contributed by atoms with E-state index in [1.54, 1.807) is 19.5 Å². The van der Waals surface area contributed by atoms with Crippen LogP contribution in [0.2, 0.25) is 0 Å². The van der Waals surface area contributed by atoms with Gasteiger partial charge in [-0.3, -0.25) is 14.4 Å². The van der Waals surface area contributed by atoms with Crippen LogP contribution in [0.15, 0.2) is 46.0 Å². The van der Waals surface area contributed by atoms with Crippen molar-refractivity contribution in [2.24, 2.45) is 22.1 Å². The van der Waals surface area contributed by atoms with Gasteiger partial charge in [0.25, 0.3) is 0 Å². The number of aromatic nitrogens is 1. The molecule has 1 aliphatic carbocycles. The van der Waals surface area contributed by atoms with Crippen LogP contribution >= 0.6 is 24.1 Å². The fraction of sp³-hybridized carbons (Fsp3) is 0.423. The third-order valence-electron chi connectivity index (χ3n) is 6.77. The molecule has 1 unspecified atom stereocenters. The number of nitrogens with zero attached hydrogens (tertiary/aromatic N) is 3. The van der Waals surface area contributed by atoms with Gasteiger partial charge in [0.2, 0.25) is 5.91 Å². The van der Waals surface area contributed by atoms with Crippen molar-refractivity contribution < 1.29 is 9.42 Å². The molecule has 4 rings (SSSR count).